The molecule has 0 fully saturated rings. The molecule has 37 heavy (non-hydrogen) atoms. The standard InChI is InChI=1S/C26H22N6O5/c27-26(25(36)37,12-11-22(33)34)23(35)16-7-5-15(6-8-16)14-32-20-4-2-1-3-18(20)19-13-17(9-10-21(19)32)24-28-30-31-29-24/h1-10,13H,11-12,14,27H2,(H,33,34)(H,36,37)(H,28,29,30,31). The molecule has 0 bridgehead atoms. The van der Waals surface area contributed by atoms with Crippen LogP contribution in [-0.4, -0.2) is 58.7 Å². The molecular formula is C26H22N6O5. The second kappa shape index (κ2) is 9.28. The van der Waals surface area contributed by atoms with Gasteiger partial charge < -0.3 is 20.5 Å². The number of fused-ring (bicyclic) bond motifs is 3. The van der Waals surface area contributed by atoms with E-state index in [4.69, 9.17) is 10.8 Å². The normalized spacial score (nSPS) is 13.0. The van der Waals surface area contributed by atoms with Crippen molar-refractivity contribution in [2.45, 2.75) is 24.9 Å². The fourth-order valence-electron chi connectivity index (χ4n) is 4.47. The first-order valence-corrected chi connectivity index (χ1v) is 11.4. The molecule has 11 nitrogen and oxygen atoms in total. The van der Waals surface area contributed by atoms with Crippen molar-refractivity contribution in [3.8, 4) is 11.4 Å². The van der Waals surface area contributed by atoms with Crippen LogP contribution in [0.15, 0.2) is 66.7 Å². The summed E-state index contributed by atoms with van der Waals surface area (Å²) >= 11 is 0. The van der Waals surface area contributed by atoms with Gasteiger partial charge in [0.25, 0.3) is 0 Å². The lowest BCUT2D eigenvalue weighted by molar-refractivity contribution is -0.142. The second-order valence-corrected chi connectivity index (χ2v) is 8.77. The van der Waals surface area contributed by atoms with Gasteiger partial charge in [-0.05, 0) is 41.5 Å². The lowest BCUT2D eigenvalue weighted by atomic mass is 9.85. The number of ketones is 1. The van der Waals surface area contributed by atoms with Crippen molar-refractivity contribution >= 4 is 39.5 Å². The number of nitrogens with two attached hydrogens (primary N) is 1. The van der Waals surface area contributed by atoms with E-state index in [1.165, 1.54) is 12.1 Å². The molecule has 0 aliphatic heterocycles. The molecule has 0 amide bonds. The summed E-state index contributed by atoms with van der Waals surface area (Å²) in [5, 5.41) is 34.7. The van der Waals surface area contributed by atoms with E-state index in [1.54, 1.807) is 12.1 Å². The van der Waals surface area contributed by atoms with Crippen molar-refractivity contribution < 1.29 is 24.6 Å². The number of nitrogens with zero attached hydrogens (tertiary/aromatic N) is 4. The van der Waals surface area contributed by atoms with E-state index < -0.39 is 36.1 Å². The molecule has 2 heterocycles. The summed E-state index contributed by atoms with van der Waals surface area (Å²) in [6, 6.07) is 20.5. The van der Waals surface area contributed by atoms with Crippen LogP contribution in [0.3, 0.4) is 0 Å². The number of carboxylic acids is 2. The number of carbonyl (C=O) groups is 3. The SMILES string of the molecule is NC(CCC(=O)O)(C(=O)O)C(=O)c1ccc(Cn2c3ccccc3c3cc(-c4nn[nH]n4)ccc32)cc1. The highest BCUT2D eigenvalue weighted by Crippen LogP contribution is 2.32. The van der Waals surface area contributed by atoms with Crippen LogP contribution in [0.2, 0.25) is 0 Å². The van der Waals surface area contributed by atoms with Gasteiger partial charge in [0, 0.05) is 45.9 Å². The van der Waals surface area contributed by atoms with E-state index in [1.807, 2.05) is 42.5 Å². The number of nitrogens with one attached hydrogen (secondary N) is 1. The Bertz CT molecular complexity index is 1640. The molecule has 0 radical (unpaired) electrons. The Kier molecular flexibility index (Phi) is 5.98. The number of hydrogen-bond acceptors (Lipinski definition) is 7. The van der Waals surface area contributed by atoms with E-state index >= 15 is 0 Å². The molecule has 5 rings (SSSR count). The highest BCUT2D eigenvalue weighted by atomic mass is 16.4. The average molecular weight is 498 g/mol. The number of Topliss-reactive ketones (excluding diaryl/α,β-unsaturated/α-hetero) is 1. The Labute approximate surface area is 209 Å². The number of carbonyl (C=O) groups excluding carboxylic acids is 1. The Morgan fingerprint density at radius 1 is 0.946 bits per heavy atom. The molecule has 0 spiro atoms. The summed E-state index contributed by atoms with van der Waals surface area (Å²) in [4.78, 5) is 35.5. The van der Waals surface area contributed by atoms with Crippen LogP contribution in [0.4, 0.5) is 0 Å². The molecule has 5 N–H and O–H groups in total. The van der Waals surface area contributed by atoms with Crippen molar-refractivity contribution in [2.24, 2.45) is 5.73 Å². The first kappa shape index (κ1) is 23.8. The number of carboxylic acid groups (broad SMARTS) is 2. The Balaban J connectivity index is 1.47. The third kappa shape index (κ3) is 4.32. The summed E-state index contributed by atoms with van der Waals surface area (Å²) in [5.41, 5.74) is 7.36. The van der Waals surface area contributed by atoms with Gasteiger partial charge in [-0.15, -0.1) is 10.2 Å². The van der Waals surface area contributed by atoms with Crippen LogP contribution >= 0.6 is 0 Å². The van der Waals surface area contributed by atoms with Gasteiger partial charge in [0.2, 0.25) is 5.82 Å². The van der Waals surface area contributed by atoms with Crippen LogP contribution in [0.5, 0.6) is 0 Å². The molecule has 0 saturated carbocycles. The van der Waals surface area contributed by atoms with E-state index in [2.05, 4.69) is 25.2 Å². The van der Waals surface area contributed by atoms with Gasteiger partial charge in [0.05, 0.1) is 0 Å². The van der Waals surface area contributed by atoms with Crippen LogP contribution in [0.1, 0.15) is 28.8 Å². The molecule has 186 valence electrons. The molecule has 0 aliphatic carbocycles. The maximum Gasteiger partial charge on any atom is 0.331 e. The molecule has 3 aromatic carbocycles. The monoisotopic (exact) mass is 498 g/mol. The van der Waals surface area contributed by atoms with Crippen molar-refractivity contribution in [3.05, 3.63) is 77.9 Å². The zero-order valence-electron chi connectivity index (χ0n) is 19.5. The molecule has 2 aromatic heterocycles. The predicted molar refractivity (Wildman–Crippen MR) is 134 cm³/mol. The topological polar surface area (TPSA) is 177 Å². The van der Waals surface area contributed by atoms with E-state index in [9.17, 15) is 19.5 Å². The van der Waals surface area contributed by atoms with Gasteiger partial charge in [-0.25, -0.2) is 4.79 Å². The molecule has 11 heteroatoms. The number of H-pyrrole nitrogens is 1. The zero-order chi connectivity index (χ0) is 26.2. The summed E-state index contributed by atoms with van der Waals surface area (Å²) in [5.74, 6) is -3.12. The molecule has 0 saturated heterocycles. The number of rotatable bonds is 9. The quantitative estimate of drug-likeness (QED) is 0.176. The summed E-state index contributed by atoms with van der Waals surface area (Å²) in [6.45, 7) is 0.492. The molecule has 5 aromatic rings. The van der Waals surface area contributed by atoms with Crippen LogP contribution in [-0.2, 0) is 16.1 Å². The number of aromatic amines is 1. The largest absolute Gasteiger partial charge is 0.481 e. The number of tetrazole rings is 1. The Hall–Kier alpha value is -4.90. The van der Waals surface area contributed by atoms with Gasteiger partial charge >= 0.3 is 11.9 Å². The van der Waals surface area contributed by atoms with E-state index in [0.717, 1.165) is 32.9 Å². The highest BCUT2D eigenvalue weighted by molar-refractivity contribution is 6.16. The predicted octanol–water partition coefficient (Wildman–Crippen LogP) is 2.85. The summed E-state index contributed by atoms with van der Waals surface area (Å²) in [6.07, 6.45) is -1.04. The van der Waals surface area contributed by atoms with Gasteiger partial charge in [0.15, 0.2) is 11.3 Å². The van der Waals surface area contributed by atoms with Crippen molar-refractivity contribution in [1.82, 2.24) is 25.2 Å². The fraction of sp³-hybridized carbons (Fsp3) is 0.154. The average Bonchev–Trinajstić information content (AvgIpc) is 3.54. The molecular weight excluding hydrogens is 476 g/mol. The lowest BCUT2D eigenvalue weighted by Gasteiger charge is -2.22. The molecule has 1 atom stereocenters. The Morgan fingerprint density at radius 3 is 2.35 bits per heavy atom. The highest BCUT2D eigenvalue weighted by Gasteiger charge is 2.42. The molecule has 0 aliphatic rings. The first-order chi connectivity index (χ1) is 17.8. The van der Waals surface area contributed by atoms with Crippen molar-refractivity contribution in [2.75, 3.05) is 0 Å². The third-order valence-corrected chi connectivity index (χ3v) is 6.45. The van der Waals surface area contributed by atoms with E-state index in [0.29, 0.717) is 12.4 Å². The second-order valence-electron chi connectivity index (χ2n) is 8.77. The number of para-hydroxylation sites is 1. The third-order valence-electron chi connectivity index (χ3n) is 6.45. The minimum Gasteiger partial charge on any atom is -0.481 e. The van der Waals surface area contributed by atoms with Crippen LogP contribution in [0.25, 0.3) is 33.2 Å². The lowest BCUT2D eigenvalue weighted by Crippen LogP contribution is -2.55. The van der Waals surface area contributed by atoms with Crippen LogP contribution in [0, 0.1) is 0 Å². The van der Waals surface area contributed by atoms with Crippen molar-refractivity contribution in [3.63, 3.8) is 0 Å². The van der Waals surface area contributed by atoms with Gasteiger partial charge in [-0.3, -0.25) is 9.59 Å². The fourth-order valence-corrected chi connectivity index (χ4v) is 4.47. The number of hydrogen-bond donors (Lipinski definition) is 4. The number of aliphatic carboxylic acids is 2. The minimum atomic E-state index is -2.32. The van der Waals surface area contributed by atoms with Crippen molar-refractivity contribution in [1.29, 1.82) is 0 Å². The maximum atomic E-state index is 12.9. The van der Waals surface area contributed by atoms with Gasteiger partial charge in [-0.1, -0.05) is 42.5 Å². The smallest absolute Gasteiger partial charge is 0.331 e. The number of benzene rings is 3. The van der Waals surface area contributed by atoms with E-state index in [-0.39, 0.29) is 5.56 Å². The summed E-state index contributed by atoms with van der Waals surface area (Å²) in [7, 11) is 0. The Morgan fingerprint density at radius 2 is 1.68 bits per heavy atom. The first-order valence-electron chi connectivity index (χ1n) is 11.4. The molecule has 1 unspecified atom stereocenters. The summed E-state index contributed by atoms with van der Waals surface area (Å²) < 4.78 is 2.15. The van der Waals surface area contributed by atoms with Gasteiger partial charge in [0.1, 0.15) is 0 Å². The zero-order valence-corrected chi connectivity index (χ0v) is 19.5. The maximum absolute atomic E-state index is 12.9. The number of aromatic nitrogens is 5. The van der Waals surface area contributed by atoms with Gasteiger partial charge in [-0.2, -0.15) is 5.21 Å². The minimum absolute atomic E-state index is 0.103. The van der Waals surface area contributed by atoms with Crippen LogP contribution < -0.4 is 5.73 Å².